The second kappa shape index (κ2) is 6.28. The van der Waals surface area contributed by atoms with E-state index in [9.17, 15) is 4.79 Å². The SMILES string of the molecule is CC1CCCN(C(=O)N2CCN(c3ncccn3)CC2)C1. The molecule has 6 nitrogen and oxygen atoms in total. The van der Waals surface area contributed by atoms with Gasteiger partial charge in [-0.15, -0.1) is 0 Å². The summed E-state index contributed by atoms with van der Waals surface area (Å²) in [6, 6.07) is 2.02. The van der Waals surface area contributed by atoms with Crippen LogP contribution in [-0.2, 0) is 0 Å². The number of piperazine rings is 1. The molecule has 2 saturated heterocycles. The molecule has 3 heterocycles. The van der Waals surface area contributed by atoms with E-state index in [2.05, 4.69) is 21.8 Å². The maximum atomic E-state index is 12.5. The Morgan fingerprint density at radius 3 is 2.48 bits per heavy atom. The van der Waals surface area contributed by atoms with Crippen molar-refractivity contribution in [3.63, 3.8) is 0 Å². The lowest BCUT2D eigenvalue weighted by Crippen LogP contribution is -2.54. The van der Waals surface area contributed by atoms with Gasteiger partial charge in [-0.05, 0) is 24.8 Å². The zero-order valence-corrected chi connectivity index (χ0v) is 12.6. The average molecular weight is 289 g/mol. The van der Waals surface area contributed by atoms with E-state index in [0.29, 0.717) is 5.92 Å². The summed E-state index contributed by atoms with van der Waals surface area (Å²) in [7, 11) is 0. The zero-order chi connectivity index (χ0) is 14.7. The van der Waals surface area contributed by atoms with Crippen LogP contribution in [0.15, 0.2) is 18.5 Å². The lowest BCUT2D eigenvalue weighted by atomic mass is 10.0. The summed E-state index contributed by atoms with van der Waals surface area (Å²) >= 11 is 0. The molecule has 0 bridgehead atoms. The molecule has 0 saturated carbocycles. The van der Waals surface area contributed by atoms with Crippen LogP contribution in [0.25, 0.3) is 0 Å². The molecule has 3 rings (SSSR count). The fraction of sp³-hybridized carbons (Fsp3) is 0.667. The van der Waals surface area contributed by atoms with Gasteiger partial charge in [-0.1, -0.05) is 6.92 Å². The molecule has 2 amide bonds. The van der Waals surface area contributed by atoms with Gasteiger partial charge in [0, 0.05) is 51.7 Å². The van der Waals surface area contributed by atoms with E-state index in [1.807, 2.05) is 15.9 Å². The summed E-state index contributed by atoms with van der Waals surface area (Å²) in [5.41, 5.74) is 0. The minimum atomic E-state index is 0.204. The number of hydrogen-bond donors (Lipinski definition) is 0. The van der Waals surface area contributed by atoms with Crippen LogP contribution < -0.4 is 4.90 Å². The van der Waals surface area contributed by atoms with Crippen LogP contribution in [-0.4, -0.2) is 65.1 Å². The number of piperidine rings is 1. The first-order valence-electron chi connectivity index (χ1n) is 7.80. The largest absolute Gasteiger partial charge is 0.337 e. The number of amides is 2. The number of hydrogen-bond acceptors (Lipinski definition) is 4. The van der Waals surface area contributed by atoms with Gasteiger partial charge in [0.1, 0.15) is 0 Å². The standard InChI is InChI=1S/C15H23N5O/c1-13-4-2-7-20(12-13)15(21)19-10-8-18(9-11-19)14-16-5-3-6-17-14/h3,5-6,13H,2,4,7-12H2,1H3. The van der Waals surface area contributed by atoms with E-state index in [1.165, 1.54) is 6.42 Å². The third kappa shape index (κ3) is 3.25. The van der Waals surface area contributed by atoms with Gasteiger partial charge in [0.15, 0.2) is 0 Å². The molecule has 2 aliphatic heterocycles. The predicted molar refractivity (Wildman–Crippen MR) is 81.2 cm³/mol. The van der Waals surface area contributed by atoms with Crippen molar-refractivity contribution in [1.29, 1.82) is 0 Å². The highest BCUT2D eigenvalue weighted by Crippen LogP contribution is 2.18. The fourth-order valence-corrected chi connectivity index (χ4v) is 3.12. The molecule has 6 heteroatoms. The Kier molecular flexibility index (Phi) is 4.22. The smallest absolute Gasteiger partial charge is 0.320 e. The van der Waals surface area contributed by atoms with Crippen LogP contribution in [0.3, 0.4) is 0 Å². The molecule has 0 aromatic carbocycles. The van der Waals surface area contributed by atoms with Crippen molar-refractivity contribution in [2.45, 2.75) is 19.8 Å². The molecule has 114 valence electrons. The van der Waals surface area contributed by atoms with Crippen molar-refractivity contribution >= 4 is 12.0 Å². The van der Waals surface area contributed by atoms with Gasteiger partial charge in [-0.25, -0.2) is 14.8 Å². The Labute approximate surface area is 125 Å². The van der Waals surface area contributed by atoms with E-state index in [4.69, 9.17) is 0 Å². The summed E-state index contributed by atoms with van der Waals surface area (Å²) in [5.74, 6) is 1.39. The highest BCUT2D eigenvalue weighted by molar-refractivity contribution is 5.75. The van der Waals surface area contributed by atoms with E-state index in [1.54, 1.807) is 12.4 Å². The normalized spacial score (nSPS) is 23.3. The number of urea groups is 1. The number of likely N-dealkylation sites (tertiary alicyclic amines) is 1. The van der Waals surface area contributed by atoms with Gasteiger partial charge in [0.05, 0.1) is 0 Å². The van der Waals surface area contributed by atoms with E-state index < -0.39 is 0 Å². The van der Waals surface area contributed by atoms with Gasteiger partial charge in [0.25, 0.3) is 0 Å². The van der Waals surface area contributed by atoms with Crippen molar-refractivity contribution in [3.8, 4) is 0 Å². The molecule has 2 fully saturated rings. The third-order valence-corrected chi connectivity index (χ3v) is 4.31. The highest BCUT2D eigenvalue weighted by Gasteiger charge is 2.28. The maximum Gasteiger partial charge on any atom is 0.320 e. The lowest BCUT2D eigenvalue weighted by Gasteiger charge is -2.39. The minimum absolute atomic E-state index is 0.204. The Hall–Kier alpha value is -1.85. The molecule has 0 aliphatic carbocycles. The van der Waals surface area contributed by atoms with Gasteiger partial charge in [-0.2, -0.15) is 0 Å². The number of carbonyl (C=O) groups excluding carboxylic acids is 1. The second-order valence-corrected chi connectivity index (χ2v) is 6.00. The summed E-state index contributed by atoms with van der Waals surface area (Å²) < 4.78 is 0. The summed E-state index contributed by atoms with van der Waals surface area (Å²) in [5, 5.41) is 0. The molecule has 1 aromatic rings. The van der Waals surface area contributed by atoms with Crippen molar-refractivity contribution in [2.24, 2.45) is 5.92 Å². The summed E-state index contributed by atoms with van der Waals surface area (Å²) in [4.78, 5) is 27.2. The minimum Gasteiger partial charge on any atom is -0.337 e. The first-order chi connectivity index (χ1) is 10.2. The molecule has 21 heavy (non-hydrogen) atoms. The quantitative estimate of drug-likeness (QED) is 0.785. The lowest BCUT2D eigenvalue weighted by molar-refractivity contribution is 0.129. The average Bonchev–Trinajstić information content (AvgIpc) is 2.55. The van der Waals surface area contributed by atoms with Crippen molar-refractivity contribution in [1.82, 2.24) is 19.8 Å². The molecule has 2 aliphatic rings. The number of rotatable bonds is 1. The Morgan fingerprint density at radius 2 is 1.81 bits per heavy atom. The third-order valence-electron chi connectivity index (χ3n) is 4.31. The first kappa shape index (κ1) is 14.1. The van der Waals surface area contributed by atoms with Crippen LogP contribution >= 0.6 is 0 Å². The molecule has 0 radical (unpaired) electrons. The van der Waals surface area contributed by atoms with Crippen LogP contribution in [0.2, 0.25) is 0 Å². The van der Waals surface area contributed by atoms with E-state index >= 15 is 0 Å². The molecule has 1 aromatic heterocycles. The van der Waals surface area contributed by atoms with Crippen LogP contribution in [0.5, 0.6) is 0 Å². The summed E-state index contributed by atoms with van der Waals surface area (Å²) in [6.45, 7) is 7.15. The molecule has 1 atom stereocenters. The van der Waals surface area contributed by atoms with Crippen LogP contribution in [0, 0.1) is 5.92 Å². The topological polar surface area (TPSA) is 52.6 Å². The Morgan fingerprint density at radius 1 is 1.10 bits per heavy atom. The van der Waals surface area contributed by atoms with Crippen LogP contribution in [0.1, 0.15) is 19.8 Å². The Bertz CT molecular complexity index is 472. The monoisotopic (exact) mass is 289 g/mol. The molecular formula is C15H23N5O. The number of aromatic nitrogens is 2. The van der Waals surface area contributed by atoms with Gasteiger partial charge in [0.2, 0.25) is 5.95 Å². The highest BCUT2D eigenvalue weighted by atomic mass is 16.2. The molecular weight excluding hydrogens is 266 g/mol. The second-order valence-electron chi connectivity index (χ2n) is 6.00. The van der Waals surface area contributed by atoms with Crippen molar-refractivity contribution in [3.05, 3.63) is 18.5 Å². The number of nitrogens with zero attached hydrogens (tertiary/aromatic N) is 5. The van der Waals surface area contributed by atoms with E-state index in [0.717, 1.165) is 51.6 Å². The van der Waals surface area contributed by atoms with Gasteiger partial charge < -0.3 is 14.7 Å². The molecule has 0 N–H and O–H groups in total. The van der Waals surface area contributed by atoms with Crippen molar-refractivity contribution < 1.29 is 4.79 Å². The predicted octanol–water partition coefficient (Wildman–Crippen LogP) is 1.45. The maximum absolute atomic E-state index is 12.5. The fourth-order valence-electron chi connectivity index (χ4n) is 3.12. The zero-order valence-electron chi connectivity index (χ0n) is 12.6. The number of anilines is 1. The van der Waals surface area contributed by atoms with Gasteiger partial charge in [-0.3, -0.25) is 0 Å². The Balaban J connectivity index is 1.54. The summed E-state index contributed by atoms with van der Waals surface area (Å²) in [6.07, 6.45) is 5.89. The van der Waals surface area contributed by atoms with E-state index in [-0.39, 0.29) is 6.03 Å². The first-order valence-corrected chi connectivity index (χ1v) is 7.80. The molecule has 1 unspecified atom stereocenters. The molecule has 0 spiro atoms. The number of carbonyl (C=O) groups is 1. The van der Waals surface area contributed by atoms with Gasteiger partial charge >= 0.3 is 6.03 Å². The van der Waals surface area contributed by atoms with Crippen LogP contribution in [0.4, 0.5) is 10.7 Å². The van der Waals surface area contributed by atoms with Crippen molar-refractivity contribution in [2.75, 3.05) is 44.2 Å².